The van der Waals surface area contributed by atoms with Gasteiger partial charge in [-0.3, -0.25) is 9.89 Å². The fourth-order valence-corrected chi connectivity index (χ4v) is 1.86. The molecule has 0 aliphatic heterocycles. The highest BCUT2D eigenvalue weighted by Crippen LogP contribution is 2.22. The lowest BCUT2D eigenvalue weighted by atomic mass is 10.3. The Bertz CT molecular complexity index is 615. The Morgan fingerprint density at radius 2 is 2.28 bits per heavy atom. The van der Waals surface area contributed by atoms with Gasteiger partial charge in [0.05, 0.1) is 17.3 Å². The summed E-state index contributed by atoms with van der Waals surface area (Å²) in [4.78, 5) is 11.9. The molecule has 0 aliphatic carbocycles. The van der Waals surface area contributed by atoms with Gasteiger partial charge in [-0.05, 0) is 12.1 Å². The molecule has 7 heteroatoms. The number of nitrogens with two attached hydrogens (primary N) is 1. The lowest BCUT2D eigenvalue weighted by molar-refractivity contribution is 0.181. The first kappa shape index (κ1) is 12.7. The van der Waals surface area contributed by atoms with E-state index >= 15 is 0 Å². The van der Waals surface area contributed by atoms with Gasteiger partial charge in [0.25, 0.3) is 5.56 Å². The molecule has 0 amide bonds. The van der Waals surface area contributed by atoms with E-state index in [0.717, 1.165) is 4.68 Å². The number of hydrogen-bond donors (Lipinski definition) is 2. The van der Waals surface area contributed by atoms with E-state index in [4.69, 9.17) is 22.1 Å². The number of aromatic nitrogens is 2. The van der Waals surface area contributed by atoms with E-state index in [2.05, 4.69) is 5.10 Å². The number of H-pyrrole nitrogens is 1. The van der Waals surface area contributed by atoms with Crippen LogP contribution in [0.15, 0.2) is 23.0 Å². The van der Waals surface area contributed by atoms with E-state index < -0.39 is 11.4 Å². The molecule has 0 bridgehead atoms. The first-order valence-corrected chi connectivity index (χ1v) is 5.46. The molecular formula is C11H11ClFN3O2. The number of anilines is 1. The zero-order valence-corrected chi connectivity index (χ0v) is 10.3. The number of benzene rings is 1. The van der Waals surface area contributed by atoms with Crippen LogP contribution in [0.2, 0.25) is 5.02 Å². The number of methoxy groups -OCH3 is 1. The van der Waals surface area contributed by atoms with Gasteiger partial charge in [-0.25, -0.2) is 9.07 Å². The number of ether oxygens (including phenoxy) is 1. The Morgan fingerprint density at radius 1 is 1.56 bits per heavy atom. The van der Waals surface area contributed by atoms with Crippen LogP contribution < -0.4 is 11.3 Å². The molecule has 1 heterocycles. The van der Waals surface area contributed by atoms with Crippen LogP contribution in [0.3, 0.4) is 0 Å². The van der Waals surface area contributed by atoms with Gasteiger partial charge in [-0.2, -0.15) is 0 Å². The zero-order valence-electron chi connectivity index (χ0n) is 9.54. The lowest BCUT2D eigenvalue weighted by Gasteiger charge is -2.05. The molecule has 0 unspecified atom stereocenters. The molecule has 0 fully saturated rings. The summed E-state index contributed by atoms with van der Waals surface area (Å²) in [7, 11) is 1.46. The van der Waals surface area contributed by atoms with E-state index in [9.17, 15) is 9.18 Å². The van der Waals surface area contributed by atoms with Gasteiger partial charge in [-0.1, -0.05) is 17.7 Å². The standard InChI is InChI=1S/C11H11ClFN3O2/c1-18-5-8-9(14)11(17)16(15-8)10-6(12)3-2-4-7(10)13/h2-4,15H,5,14H2,1H3. The normalized spacial score (nSPS) is 10.8. The van der Waals surface area contributed by atoms with E-state index in [1.165, 1.54) is 25.3 Å². The predicted octanol–water partition coefficient (Wildman–Crippen LogP) is 1.69. The maximum absolute atomic E-state index is 13.7. The van der Waals surface area contributed by atoms with Crippen molar-refractivity contribution in [3.8, 4) is 5.69 Å². The van der Waals surface area contributed by atoms with Crippen LogP contribution in [0.5, 0.6) is 0 Å². The summed E-state index contributed by atoms with van der Waals surface area (Å²) in [5, 5.41) is 2.79. The molecule has 0 atom stereocenters. The number of nitrogens with zero attached hydrogens (tertiary/aromatic N) is 1. The second-order valence-corrected chi connectivity index (χ2v) is 4.06. The van der Waals surface area contributed by atoms with Crippen LogP contribution in [-0.2, 0) is 11.3 Å². The summed E-state index contributed by atoms with van der Waals surface area (Å²) in [6.07, 6.45) is 0. The number of nitrogens with one attached hydrogen (secondary N) is 1. The summed E-state index contributed by atoms with van der Waals surface area (Å²) >= 11 is 5.88. The van der Waals surface area contributed by atoms with E-state index in [0.29, 0.717) is 5.69 Å². The molecular weight excluding hydrogens is 261 g/mol. The summed E-state index contributed by atoms with van der Waals surface area (Å²) in [6, 6.07) is 4.15. The molecule has 0 saturated heterocycles. The second kappa shape index (κ2) is 4.83. The van der Waals surface area contributed by atoms with Crippen molar-refractivity contribution in [1.29, 1.82) is 0 Å². The fraction of sp³-hybridized carbons (Fsp3) is 0.182. The number of aromatic amines is 1. The molecule has 1 aromatic carbocycles. The van der Waals surface area contributed by atoms with Crippen molar-refractivity contribution in [2.45, 2.75) is 6.61 Å². The van der Waals surface area contributed by atoms with Crippen LogP contribution in [-0.4, -0.2) is 16.9 Å². The number of halogens is 2. The summed E-state index contributed by atoms with van der Waals surface area (Å²) in [5.74, 6) is -0.616. The van der Waals surface area contributed by atoms with E-state index in [-0.39, 0.29) is 23.0 Å². The molecule has 0 spiro atoms. The van der Waals surface area contributed by atoms with E-state index in [1.54, 1.807) is 0 Å². The van der Waals surface area contributed by atoms with Crippen molar-refractivity contribution in [1.82, 2.24) is 9.78 Å². The van der Waals surface area contributed by atoms with Gasteiger partial charge < -0.3 is 10.5 Å². The number of para-hydroxylation sites is 1. The highest BCUT2D eigenvalue weighted by molar-refractivity contribution is 6.32. The minimum atomic E-state index is -0.616. The third kappa shape index (κ3) is 2.00. The van der Waals surface area contributed by atoms with Gasteiger partial charge in [0, 0.05) is 7.11 Å². The first-order valence-electron chi connectivity index (χ1n) is 5.09. The van der Waals surface area contributed by atoms with Crippen molar-refractivity contribution >= 4 is 17.3 Å². The first-order chi connectivity index (χ1) is 8.56. The summed E-state index contributed by atoms with van der Waals surface area (Å²) in [6.45, 7) is 0.125. The van der Waals surface area contributed by atoms with Crippen LogP contribution >= 0.6 is 11.6 Å². The van der Waals surface area contributed by atoms with Crippen LogP contribution in [0.4, 0.5) is 10.1 Å². The smallest absolute Gasteiger partial charge is 0.294 e. The van der Waals surface area contributed by atoms with Crippen LogP contribution in [0.1, 0.15) is 5.69 Å². The molecule has 1 aromatic heterocycles. The Kier molecular flexibility index (Phi) is 3.40. The molecule has 96 valence electrons. The molecule has 2 rings (SSSR count). The maximum Gasteiger partial charge on any atom is 0.294 e. The van der Waals surface area contributed by atoms with Gasteiger partial charge in [0.15, 0.2) is 0 Å². The molecule has 0 aliphatic rings. The third-order valence-electron chi connectivity index (χ3n) is 2.46. The molecule has 2 aromatic rings. The predicted molar refractivity (Wildman–Crippen MR) is 66.5 cm³/mol. The molecule has 3 N–H and O–H groups in total. The Morgan fingerprint density at radius 3 is 2.89 bits per heavy atom. The highest BCUT2D eigenvalue weighted by Gasteiger charge is 2.17. The molecule has 0 saturated carbocycles. The largest absolute Gasteiger partial charge is 0.393 e. The minimum absolute atomic E-state index is 0.0174. The topological polar surface area (TPSA) is 73.0 Å². The average Bonchev–Trinajstić information content (AvgIpc) is 2.59. The monoisotopic (exact) mass is 271 g/mol. The number of rotatable bonds is 3. The van der Waals surface area contributed by atoms with Crippen LogP contribution in [0.25, 0.3) is 5.69 Å². The Balaban J connectivity index is 2.65. The SMILES string of the molecule is COCc1[nH]n(-c2c(F)cccc2Cl)c(=O)c1N. The maximum atomic E-state index is 13.7. The number of hydrogen-bond acceptors (Lipinski definition) is 3. The molecule has 5 nitrogen and oxygen atoms in total. The van der Waals surface area contributed by atoms with Gasteiger partial charge in [0.1, 0.15) is 17.2 Å². The lowest BCUT2D eigenvalue weighted by Crippen LogP contribution is -2.18. The Hall–Kier alpha value is -1.79. The van der Waals surface area contributed by atoms with Crippen molar-refractivity contribution in [3.05, 3.63) is 45.1 Å². The van der Waals surface area contributed by atoms with Gasteiger partial charge in [0.2, 0.25) is 0 Å². The fourth-order valence-electron chi connectivity index (χ4n) is 1.61. The zero-order chi connectivity index (χ0) is 13.3. The third-order valence-corrected chi connectivity index (χ3v) is 2.76. The minimum Gasteiger partial charge on any atom is -0.393 e. The quantitative estimate of drug-likeness (QED) is 0.892. The van der Waals surface area contributed by atoms with Crippen molar-refractivity contribution in [2.75, 3.05) is 12.8 Å². The second-order valence-electron chi connectivity index (χ2n) is 3.65. The molecule has 18 heavy (non-hydrogen) atoms. The van der Waals surface area contributed by atoms with Gasteiger partial charge >= 0.3 is 0 Å². The summed E-state index contributed by atoms with van der Waals surface area (Å²) < 4.78 is 19.6. The number of nitrogen functional groups attached to an aromatic ring is 1. The summed E-state index contributed by atoms with van der Waals surface area (Å²) in [5.41, 5.74) is 5.36. The van der Waals surface area contributed by atoms with Crippen LogP contribution in [0, 0.1) is 5.82 Å². The van der Waals surface area contributed by atoms with Crippen molar-refractivity contribution in [3.63, 3.8) is 0 Å². The highest BCUT2D eigenvalue weighted by atomic mass is 35.5. The Labute approximate surface area is 107 Å². The average molecular weight is 272 g/mol. The van der Waals surface area contributed by atoms with Crippen molar-refractivity contribution in [2.24, 2.45) is 0 Å². The van der Waals surface area contributed by atoms with Crippen molar-refractivity contribution < 1.29 is 9.13 Å². The van der Waals surface area contributed by atoms with E-state index in [1.807, 2.05) is 0 Å². The molecule has 0 radical (unpaired) electrons. The van der Waals surface area contributed by atoms with Gasteiger partial charge in [-0.15, -0.1) is 0 Å².